The number of thiophene rings is 1. The summed E-state index contributed by atoms with van der Waals surface area (Å²) in [6.45, 7) is 3.44. The fraction of sp³-hybridized carbons (Fsp3) is 0.500. The van der Waals surface area contributed by atoms with E-state index in [1.165, 1.54) is 30.6 Å². The molecular formula is C16H21N5S. The third-order valence-corrected chi connectivity index (χ3v) is 5.47. The second kappa shape index (κ2) is 5.85. The number of rotatable bonds is 3. The summed E-state index contributed by atoms with van der Waals surface area (Å²) in [5.41, 5.74) is 3.54. The minimum absolute atomic E-state index is 0.653. The molecule has 2 unspecified atom stereocenters. The molecule has 2 atom stereocenters. The van der Waals surface area contributed by atoms with Gasteiger partial charge >= 0.3 is 0 Å². The van der Waals surface area contributed by atoms with Gasteiger partial charge in [0.15, 0.2) is 0 Å². The van der Waals surface area contributed by atoms with E-state index in [1.54, 1.807) is 11.3 Å². The van der Waals surface area contributed by atoms with Gasteiger partial charge in [-0.25, -0.2) is 9.97 Å². The van der Waals surface area contributed by atoms with Crippen LogP contribution in [0, 0.1) is 5.92 Å². The van der Waals surface area contributed by atoms with E-state index in [4.69, 9.17) is 0 Å². The molecule has 2 saturated heterocycles. The van der Waals surface area contributed by atoms with Crippen LogP contribution < -0.4 is 15.5 Å². The Kier molecular flexibility index (Phi) is 3.72. The Labute approximate surface area is 134 Å². The number of anilines is 2. The fourth-order valence-corrected chi connectivity index (χ4v) is 4.45. The number of aromatic nitrogens is 2. The topological polar surface area (TPSA) is 53.1 Å². The molecule has 4 heterocycles. The number of piperidine rings is 1. The molecule has 0 spiro atoms. The summed E-state index contributed by atoms with van der Waals surface area (Å²) in [5, 5.41) is 11.2. The normalized spacial score (nSPS) is 24.3. The summed E-state index contributed by atoms with van der Waals surface area (Å²) in [5.74, 6) is 1.46. The van der Waals surface area contributed by atoms with Crippen molar-refractivity contribution in [2.75, 3.05) is 36.9 Å². The molecule has 6 heteroatoms. The van der Waals surface area contributed by atoms with Gasteiger partial charge in [-0.05, 0) is 31.4 Å². The van der Waals surface area contributed by atoms with Crippen molar-refractivity contribution in [1.29, 1.82) is 0 Å². The number of nitrogens with zero attached hydrogens (tertiary/aromatic N) is 3. The first kappa shape index (κ1) is 14.0. The Hall–Kier alpha value is -1.66. The van der Waals surface area contributed by atoms with Gasteiger partial charge in [-0.2, -0.15) is 0 Å². The van der Waals surface area contributed by atoms with Crippen molar-refractivity contribution in [3.8, 4) is 11.3 Å². The molecule has 0 aliphatic carbocycles. The Morgan fingerprint density at radius 3 is 3.18 bits per heavy atom. The van der Waals surface area contributed by atoms with Gasteiger partial charge in [-0.1, -0.05) is 0 Å². The molecule has 2 aliphatic rings. The van der Waals surface area contributed by atoms with Crippen LogP contribution in [0.3, 0.4) is 0 Å². The number of nitrogens with one attached hydrogen (secondary N) is 2. The number of hydrogen-bond acceptors (Lipinski definition) is 6. The Morgan fingerprint density at radius 2 is 2.32 bits per heavy atom. The van der Waals surface area contributed by atoms with E-state index >= 15 is 0 Å². The summed E-state index contributed by atoms with van der Waals surface area (Å²) in [6, 6.07) is 2.65. The van der Waals surface area contributed by atoms with Crippen molar-refractivity contribution in [2.45, 2.75) is 18.9 Å². The van der Waals surface area contributed by atoms with Gasteiger partial charge in [-0.15, -0.1) is 11.3 Å². The molecule has 2 N–H and O–H groups in total. The van der Waals surface area contributed by atoms with E-state index in [0.717, 1.165) is 24.7 Å². The van der Waals surface area contributed by atoms with E-state index in [0.29, 0.717) is 12.0 Å². The van der Waals surface area contributed by atoms with E-state index in [1.807, 2.05) is 19.3 Å². The lowest BCUT2D eigenvalue weighted by Gasteiger charge is -2.24. The zero-order valence-electron chi connectivity index (χ0n) is 12.7. The smallest absolute Gasteiger partial charge is 0.222 e. The minimum atomic E-state index is 0.653. The molecule has 2 aromatic rings. The number of hydrogen-bond donors (Lipinski definition) is 2. The van der Waals surface area contributed by atoms with Crippen molar-refractivity contribution >= 4 is 23.0 Å². The average Bonchev–Trinajstić information content (AvgIpc) is 3.21. The molecule has 22 heavy (non-hydrogen) atoms. The maximum atomic E-state index is 4.60. The van der Waals surface area contributed by atoms with E-state index < -0.39 is 0 Å². The van der Waals surface area contributed by atoms with Gasteiger partial charge in [0.05, 0.1) is 11.4 Å². The lowest BCUT2D eigenvalue weighted by Crippen LogP contribution is -2.40. The number of fused-ring (bicyclic) bond motifs is 1. The summed E-state index contributed by atoms with van der Waals surface area (Å²) in [4.78, 5) is 11.3. The largest absolute Gasteiger partial charge is 0.368 e. The van der Waals surface area contributed by atoms with Crippen LogP contribution in [-0.2, 0) is 0 Å². The molecule has 4 rings (SSSR count). The van der Waals surface area contributed by atoms with Crippen molar-refractivity contribution < 1.29 is 0 Å². The lowest BCUT2D eigenvalue weighted by molar-refractivity contribution is 0.340. The summed E-state index contributed by atoms with van der Waals surface area (Å²) in [6.07, 6.45) is 4.48. The van der Waals surface area contributed by atoms with Crippen molar-refractivity contribution in [2.24, 2.45) is 5.92 Å². The summed E-state index contributed by atoms with van der Waals surface area (Å²) < 4.78 is 0. The highest BCUT2D eigenvalue weighted by Gasteiger charge is 2.35. The van der Waals surface area contributed by atoms with Crippen LogP contribution in [-0.4, -0.2) is 42.7 Å². The predicted octanol–water partition coefficient (Wildman–Crippen LogP) is 2.44. The average molecular weight is 315 g/mol. The van der Waals surface area contributed by atoms with E-state index in [2.05, 4.69) is 36.3 Å². The molecule has 0 aromatic carbocycles. The minimum Gasteiger partial charge on any atom is -0.368 e. The van der Waals surface area contributed by atoms with Crippen LogP contribution in [0.15, 0.2) is 23.0 Å². The predicted molar refractivity (Wildman–Crippen MR) is 91.6 cm³/mol. The van der Waals surface area contributed by atoms with Gasteiger partial charge in [0.1, 0.15) is 0 Å². The monoisotopic (exact) mass is 315 g/mol. The second-order valence-corrected chi connectivity index (χ2v) is 6.80. The SMILES string of the molecule is CNc1nccc(-c2cscc2N2CC3CCCNC3C2)n1. The molecule has 2 fully saturated rings. The molecule has 0 radical (unpaired) electrons. The zero-order chi connectivity index (χ0) is 14.9. The Bertz CT molecular complexity index is 641. The molecule has 0 amide bonds. The molecule has 5 nitrogen and oxygen atoms in total. The van der Waals surface area contributed by atoms with Gasteiger partial charge in [0.2, 0.25) is 5.95 Å². The first-order chi connectivity index (χ1) is 10.8. The van der Waals surface area contributed by atoms with Crippen LogP contribution in [0.1, 0.15) is 12.8 Å². The highest BCUT2D eigenvalue weighted by molar-refractivity contribution is 7.08. The first-order valence-corrected chi connectivity index (χ1v) is 8.85. The third-order valence-electron chi connectivity index (χ3n) is 4.74. The van der Waals surface area contributed by atoms with Crippen molar-refractivity contribution in [1.82, 2.24) is 15.3 Å². The van der Waals surface area contributed by atoms with Crippen LogP contribution in [0.2, 0.25) is 0 Å². The van der Waals surface area contributed by atoms with Gasteiger partial charge in [0, 0.05) is 48.7 Å². The Morgan fingerprint density at radius 1 is 1.36 bits per heavy atom. The molecular weight excluding hydrogens is 294 g/mol. The molecule has 2 aromatic heterocycles. The molecule has 0 saturated carbocycles. The first-order valence-electron chi connectivity index (χ1n) is 7.91. The third kappa shape index (κ3) is 2.46. The van der Waals surface area contributed by atoms with Crippen molar-refractivity contribution in [3.63, 3.8) is 0 Å². The van der Waals surface area contributed by atoms with E-state index in [9.17, 15) is 0 Å². The van der Waals surface area contributed by atoms with E-state index in [-0.39, 0.29) is 0 Å². The molecule has 2 aliphatic heterocycles. The second-order valence-electron chi connectivity index (χ2n) is 6.05. The summed E-state index contributed by atoms with van der Waals surface area (Å²) in [7, 11) is 1.85. The van der Waals surface area contributed by atoms with Crippen LogP contribution in [0.4, 0.5) is 11.6 Å². The van der Waals surface area contributed by atoms with Crippen LogP contribution in [0.5, 0.6) is 0 Å². The highest BCUT2D eigenvalue weighted by atomic mass is 32.1. The van der Waals surface area contributed by atoms with Crippen LogP contribution in [0.25, 0.3) is 11.3 Å². The van der Waals surface area contributed by atoms with Crippen molar-refractivity contribution in [3.05, 3.63) is 23.0 Å². The van der Waals surface area contributed by atoms with Gasteiger partial charge in [0.25, 0.3) is 0 Å². The maximum absolute atomic E-state index is 4.60. The highest BCUT2D eigenvalue weighted by Crippen LogP contribution is 2.37. The quantitative estimate of drug-likeness (QED) is 0.911. The van der Waals surface area contributed by atoms with Crippen LogP contribution >= 0.6 is 11.3 Å². The maximum Gasteiger partial charge on any atom is 0.222 e. The molecule has 0 bridgehead atoms. The lowest BCUT2D eigenvalue weighted by atomic mass is 9.94. The molecule has 116 valence electrons. The van der Waals surface area contributed by atoms with Gasteiger partial charge in [-0.3, -0.25) is 0 Å². The zero-order valence-corrected chi connectivity index (χ0v) is 13.6. The summed E-state index contributed by atoms with van der Waals surface area (Å²) >= 11 is 1.75. The van der Waals surface area contributed by atoms with Gasteiger partial charge < -0.3 is 15.5 Å². The standard InChI is InChI=1S/C16H21N5S/c1-17-16-19-6-4-13(20-16)12-9-22-10-15(12)21-7-11-3-2-5-18-14(11)8-21/h4,6,9-11,14,18H,2-3,5,7-8H2,1H3,(H,17,19,20). The fourth-order valence-electron chi connectivity index (χ4n) is 3.60. The Balaban J connectivity index is 1.62.